The van der Waals surface area contributed by atoms with Crippen LogP contribution in [-0.2, 0) is 13.0 Å². The zero-order valence-electron chi connectivity index (χ0n) is 10.6. The molecule has 0 aliphatic carbocycles. The molecule has 2 aromatic rings. The Morgan fingerprint density at radius 2 is 2.22 bits per heavy atom. The summed E-state index contributed by atoms with van der Waals surface area (Å²) in [5.74, 6) is 0.414. The number of nitrogens with two attached hydrogens (primary N) is 1. The standard InChI is InChI=1S/C13H18ClN3S/c1-9(2)13(15)11-7-16-8-17(11)6-5-10-3-4-12(14)18-10/h3-4,7-9,13H,5-6,15H2,1-2H3. The van der Waals surface area contributed by atoms with Gasteiger partial charge in [0.1, 0.15) is 0 Å². The number of thiophene rings is 1. The SMILES string of the molecule is CC(C)C(N)c1cncn1CCc1ccc(Cl)s1. The summed E-state index contributed by atoms with van der Waals surface area (Å²) < 4.78 is 2.98. The van der Waals surface area contributed by atoms with Gasteiger partial charge in [-0.1, -0.05) is 25.4 Å². The third-order valence-electron chi connectivity index (χ3n) is 3.03. The quantitative estimate of drug-likeness (QED) is 0.913. The molecule has 1 atom stereocenters. The number of rotatable bonds is 5. The first-order valence-electron chi connectivity index (χ1n) is 6.07. The molecule has 3 nitrogen and oxygen atoms in total. The summed E-state index contributed by atoms with van der Waals surface area (Å²) in [5.41, 5.74) is 7.28. The molecule has 0 spiro atoms. The minimum atomic E-state index is 0.0411. The molecule has 18 heavy (non-hydrogen) atoms. The van der Waals surface area contributed by atoms with E-state index in [9.17, 15) is 0 Å². The second-order valence-corrected chi connectivity index (χ2v) is 6.54. The fraction of sp³-hybridized carbons (Fsp3) is 0.462. The van der Waals surface area contributed by atoms with E-state index in [1.807, 2.05) is 18.6 Å². The molecule has 2 aromatic heterocycles. The van der Waals surface area contributed by atoms with Gasteiger partial charge >= 0.3 is 0 Å². The van der Waals surface area contributed by atoms with Crippen molar-refractivity contribution in [1.29, 1.82) is 0 Å². The third kappa shape index (κ3) is 3.13. The van der Waals surface area contributed by atoms with Gasteiger partial charge in [0, 0.05) is 23.7 Å². The van der Waals surface area contributed by atoms with Gasteiger partial charge in [-0.15, -0.1) is 11.3 Å². The summed E-state index contributed by atoms with van der Waals surface area (Å²) in [6, 6.07) is 4.06. The Morgan fingerprint density at radius 3 is 2.83 bits per heavy atom. The predicted molar refractivity (Wildman–Crippen MR) is 77.0 cm³/mol. The highest BCUT2D eigenvalue weighted by atomic mass is 35.5. The fourth-order valence-corrected chi connectivity index (χ4v) is 2.93. The lowest BCUT2D eigenvalue weighted by atomic mass is 10.0. The van der Waals surface area contributed by atoms with Crippen LogP contribution in [0.5, 0.6) is 0 Å². The average molecular weight is 284 g/mol. The van der Waals surface area contributed by atoms with Gasteiger partial charge in [-0.05, 0) is 24.5 Å². The van der Waals surface area contributed by atoms with Crippen molar-refractivity contribution in [2.24, 2.45) is 11.7 Å². The maximum absolute atomic E-state index is 6.18. The third-order valence-corrected chi connectivity index (χ3v) is 4.32. The molecule has 98 valence electrons. The van der Waals surface area contributed by atoms with Crippen LogP contribution < -0.4 is 5.73 Å². The summed E-state index contributed by atoms with van der Waals surface area (Å²) >= 11 is 7.55. The van der Waals surface area contributed by atoms with E-state index < -0.39 is 0 Å². The predicted octanol–water partition coefficient (Wildman–Crippen LogP) is 3.50. The van der Waals surface area contributed by atoms with Crippen LogP contribution in [0.25, 0.3) is 0 Å². The van der Waals surface area contributed by atoms with Crippen molar-refractivity contribution < 1.29 is 0 Å². The number of aryl methyl sites for hydroxylation is 2. The van der Waals surface area contributed by atoms with Crippen molar-refractivity contribution >= 4 is 22.9 Å². The van der Waals surface area contributed by atoms with Gasteiger partial charge in [-0.25, -0.2) is 4.98 Å². The second kappa shape index (κ2) is 5.87. The topological polar surface area (TPSA) is 43.8 Å². The first-order chi connectivity index (χ1) is 8.58. The van der Waals surface area contributed by atoms with Gasteiger partial charge < -0.3 is 10.3 Å². The molecule has 0 saturated carbocycles. The van der Waals surface area contributed by atoms with Crippen molar-refractivity contribution in [3.05, 3.63) is 39.6 Å². The maximum atomic E-state index is 6.18. The van der Waals surface area contributed by atoms with Crippen LogP contribution in [0.4, 0.5) is 0 Å². The molecule has 1 unspecified atom stereocenters. The average Bonchev–Trinajstić information content (AvgIpc) is 2.93. The number of nitrogens with zero attached hydrogens (tertiary/aromatic N) is 2. The number of imidazole rings is 1. The van der Waals surface area contributed by atoms with E-state index in [-0.39, 0.29) is 6.04 Å². The van der Waals surface area contributed by atoms with Gasteiger partial charge in [0.25, 0.3) is 0 Å². The summed E-state index contributed by atoms with van der Waals surface area (Å²) in [6.07, 6.45) is 4.68. The largest absolute Gasteiger partial charge is 0.333 e. The summed E-state index contributed by atoms with van der Waals surface area (Å²) in [5, 5.41) is 0. The van der Waals surface area contributed by atoms with Crippen molar-refractivity contribution in [1.82, 2.24) is 9.55 Å². The normalized spacial score (nSPS) is 13.2. The van der Waals surface area contributed by atoms with Crippen molar-refractivity contribution in [2.45, 2.75) is 32.9 Å². The van der Waals surface area contributed by atoms with Gasteiger partial charge in [0.2, 0.25) is 0 Å². The Labute approximate surface area is 117 Å². The number of hydrogen-bond donors (Lipinski definition) is 1. The van der Waals surface area contributed by atoms with Gasteiger partial charge in [-0.3, -0.25) is 0 Å². The lowest BCUT2D eigenvalue weighted by Crippen LogP contribution is -2.20. The number of hydrogen-bond acceptors (Lipinski definition) is 3. The number of aromatic nitrogens is 2. The zero-order valence-corrected chi connectivity index (χ0v) is 12.2. The van der Waals surface area contributed by atoms with Crippen LogP contribution in [0, 0.1) is 5.92 Å². The molecule has 0 radical (unpaired) electrons. The highest BCUT2D eigenvalue weighted by Crippen LogP contribution is 2.23. The molecule has 0 aromatic carbocycles. The molecule has 0 fully saturated rings. The van der Waals surface area contributed by atoms with Crippen LogP contribution in [-0.4, -0.2) is 9.55 Å². The van der Waals surface area contributed by atoms with E-state index in [1.165, 1.54) is 4.88 Å². The molecular formula is C13H18ClN3S. The van der Waals surface area contributed by atoms with Crippen LogP contribution in [0.2, 0.25) is 4.34 Å². The first-order valence-corrected chi connectivity index (χ1v) is 7.27. The van der Waals surface area contributed by atoms with Crippen LogP contribution >= 0.6 is 22.9 Å². The van der Waals surface area contributed by atoms with Crippen LogP contribution in [0.1, 0.15) is 30.5 Å². The monoisotopic (exact) mass is 283 g/mol. The summed E-state index contributed by atoms with van der Waals surface area (Å²) in [4.78, 5) is 5.49. The maximum Gasteiger partial charge on any atom is 0.0948 e. The molecule has 0 aliphatic rings. The lowest BCUT2D eigenvalue weighted by Gasteiger charge is -2.17. The minimum Gasteiger partial charge on any atom is -0.333 e. The Kier molecular flexibility index (Phi) is 4.43. The van der Waals surface area contributed by atoms with Crippen molar-refractivity contribution in [2.75, 3.05) is 0 Å². The van der Waals surface area contributed by atoms with E-state index in [2.05, 4.69) is 29.5 Å². The number of halogens is 1. The molecular weight excluding hydrogens is 266 g/mol. The zero-order chi connectivity index (χ0) is 13.1. The second-order valence-electron chi connectivity index (χ2n) is 4.74. The van der Waals surface area contributed by atoms with Gasteiger partial charge in [-0.2, -0.15) is 0 Å². The first kappa shape index (κ1) is 13.6. The Bertz CT molecular complexity index is 504. The highest BCUT2D eigenvalue weighted by Gasteiger charge is 2.15. The highest BCUT2D eigenvalue weighted by molar-refractivity contribution is 7.16. The van der Waals surface area contributed by atoms with E-state index in [0.717, 1.165) is 23.0 Å². The molecule has 0 bridgehead atoms. The fourth-order valence-electron chi connectivity index (χ4n) is 1.85. The molecule has 2 N–H and O–H groups in total. The molecule has 0 amide bonds. The summed E-state index contributed by atoms with van der Waals surface area (Å²) in [7, 11) is 0. The van der Waals surface area contributed by atoms with Crippen LogP contribution in [0.3, 0.4) is 0 Å². The van der Waals surface area contributed by atoms with E-state index in [4.69, 9.17) is 17.3 Å². The molecule has 2 heterocycles. The van der Waals surface area contributed by atoms with Crippen molar-refractivity contribution in [3.8, 4) is 0 Å². The smallest absolute Gasteiger partial charge is 0.0948 e. The Hall–Kier alpha value is -0.840. The van der Waals surface area contributed by atoms with E-state index >= 15 is 0 Å². The van der Waals surface area contributed by atoms with Crippen LogP contribution in [0.15, 0.2) is 24.7 Å². The van der Waals surface area contributed by atoms with E-state index in [1.54, 1.807) is 11.3 Å². The van der Waals surface area contributed by atoms with Gasteiger partial charge in [0.15, 0.2) is 0 Å². The molecule has 0 aliphatic heterocycles. The Balaban J connectivity index is 2.04. The van der Waals surface area contributed by atoms with Crippen molar-refractivity contribution in [3.63, 3.8) is 0 Å². The molecule has 0 saturated heterocycles. The summed E-state index contributed by atoms with van der Waals surface area (Å²) in [6.45, 7) is 5.15. The van der Waals surface area contributed by atoms with E-state index in [0.29, 0.717) is 5.92 Å². The van der Waals surface area contributed by atoms with Gasteiger partial charge in [0.05, 0.1) is 16.4 Å². The lowest BCUT2D eigenvalue weighted by molar-refractivity contribution is 0.478. The molecule has 2 rings (SSSR count). The minimum absolute atomic E-state index is 0.0411. The molecule has 5 heteroatoms. The Morgan fingerprint density at radius 1 is 1.44 bits per heavy atom.